The summed E-state index contributed by atoms with van der Waals surface area (Å²) in [6.07, 6.45) is -48.5. The van der Waals surface area contributed by atoms with Crippen molar-refractivity contribution in [2.75, 3.05) is 0 Å². The number of halogens is 24. The Labute approximate surface area is 424 Å². The third kappa shape index (κ3) is 14.0. The minimum absolute atomic E-state index is 0.0999. The molecule has 0 aliphatic heterocycles. The molecule has 0 atom stereocenters. The summed E-state index contributed by atoms with van der Waals surface area (Å²) < 4.78 is 348. The number of hydrogen-bond acceptors (Lipinski definition) is 2. The number of esters is 1. The monoisotopic (exact) mass is 1150 g/mol. The summed E-state index contributed by atoms with van der Waals surface area (Å²) in [5, 5.41) is 0. The Balaban J connectivity index is 0.000000387. The number of rotatable bonds is 8. The van der Waals surface area contributed by atoms with Crippen LogP contribution in [0.25, 0.3) is 0 Å². The maximum absolute atomic E-state index is 14.2. The first-order valence-corrected chi connectivity index (χ1v) is 22.2. The van der Waals surface area contributed by atoms with Crippen LogP contribution in [-0.4, -0.2) is 18.2 Å². The zero-order valence-corrected chi connectivity index (χ0v) is 38.6. The Bertz CT molecular complexity index is 2670. The van der Waals surface area contributed by atoms with Crippen LogP contribution in [0.1, 0.15) is 86.2 Å². The fourth-order valence-corrected chi connectivity index (χ4v) is 8.87. The maximum Gasteiger partial charge on any atom is 0.416 e. The second-order valence-corrected chi connectivity index (χ2v) is 17.7. The fourth-order valence-electron chi connectivity index (χ4n) is 8.87. The molecule has 0 bridgehead atoms. The molecule has 0 amide bonds. The highest BCUT2D eigenvalue weighted by Gasteiger charge is 2.47. The van der Waals surface area contributed by atoms with Gasteiger partial charge in [-0.25, -0.2) is 4.79 Å². The van der Waals surface area contributed by atoms with E-state index in [4.69, 9.17) is 4.74 Å². The standard InChI is InChI=1S/C32H12BF24.C18H20NO2/c34-25(35,36)13-1-14(26(37,38)39)6-21(5-13)33(22-7-15(27(40,41)42)2-16(8-22)28(43,44)45,23-9-17(29(46,47)48)3-18(10-23)30(49,50)51)24-11-19(31(52,53)54)4-20(12-24)32(55,56)57;20-18(21-16-10-4-5-11-16)17-12-6-7-13-19(17)14-15-8-2-1-3-9-15/h1-12H;1-3,6-9,12-13,16H,4-5,10-11,14H2/q-1;+1. The van der Waals surface area contributed by atoms with Crippen LogP contribution in [0.15, 0.2) is 128 Å². The number of nitrogens with zero attached hydrogens (tertiary/aromatic N) is 1. The van der Waals surface area contributed by atoms with E-state index in [1.54, 1.807) is 0 Å². The minimum atomic E-state index is -6.13. The molecule has 1 heterocycles. The third-order valence-corrected chi connectivity index (χ3v) is 12.4. The van der Waals surface area contributed by atoms with Gasteiger partial charge in [-0.2, -0.15) is 132 Å². The van der Waals surface area contributed by atoms with E-state index in [2.05, 4.69) is 12.1 Å². The maximum atomic E-state index is 14.2. The van der Waals surface area contributed by atoms with E-state index in [0.717, 1.165) is 25.7 Å². The van der Waals surface area contributed by atoms with Crippen LogP contribution in [-0.2, 0) is 60.7 Å². The summed E-state index contributed by atoms with van der Waals surface area (Å²) in [4.78, 5) is 12.4. The molecular formula is C50H32BF24NO2. The molecular weight excluding hydrogens is 1110 g/mol. The quantitative estimate of drug-likeness (QED) is 0.0658. The predicted octanol–water partition coefficient (Wildman–Crippen LogP) is 14.3. The van der Waals surface area contributed by atoms with Crippen LogP contribution < -0.4 is 26.4 Å². The van der Waals surface area contributed by atoms with Crippen LogP contribution in [0.2, 0.25) is 0 Å². The summed E-state index contributed by atoms with van der Waals surface area (Å²) >= 11 is 0. The molecule has 0 spiro atoms. The summed E-state index contributed by atoms with van der Waals surface area (Å²) in [6, 6.07) is 6.98. The molecule has 7 rings (SSSR count). The van der Waals surface area contributed by atoms with Gasteiger partial charge in [0.1, 0.15) is 12.2 Å². The van der Waals surface area contributed by atoms with Gasteiger partial charge in [-0.05, 0) is 56.0 Å². The smallest absolute Gasteiger partial charge is 0.416 e. The van der Waals surface area contributed by atoms with Crippen molar-refractivity contribution in [1.82, 2.24) is 0 Å². The fraction of sp³-hybridized carbons (Fsp3) is 0.280. The zero-order chi connectivity index (χ0) is 58.4. The van der Waals surface area contributed by atoms with Gasteiger partial charge in [-0.1, -0.05) is 78.9 Å². The van der Waals surface area contributed by atoms with Crippen molar-refractivity contribution >= 4 is 34.0 Å². The van der Waals surface area contributed by atoms with Crippen LogP contribution >= 0.6 is 0 Å². The Hall–Kier alpha value is -6.90. The van der Waals surface area contributed by atoms with Gasteiger partial charge in [0, 0.05) is 17.7 Å². The molecule has 3 nitrogen and oxygen atoms in total. The normalized spacial score (nSPS) is 14.5. The third-order valence-electron chi connectivity index (χ3n) is 12.4. The van der Waals surface area contributed by atoms with Gasteiger partial charge in [-0.3, -0.25) is 0 Å². The van der Waals surface area contributed by atoms with Crippen molar-refractivity contribution in [1.29, 1.82) is 0 Å². The highest BCUT2D eigenvalue weighted by atomic mass is 19.4. The van der Waals surface area contributed by atoms with Gasteiger partial charge in [0.25, 0.3) is 5.69 Å². The largest absolute Gasteiger partial charge is 0.454 e. The summed E-state index contributed by atoms with van der Waals surface area (Å²) in [5.41, 5.74) is -28.4. The van der Waals surface area contributed by atoms with Crippen LogP contribution in [0.5, 0.6) is 0 Å². The molecule has 1 aromatic heterocycles. The van der Waals surface area contributed by atoms with Gasteiger partial charge in [-0.15, -0.1) is 0 Å². The summed E-state index contributed by atoms with van der Waals surface area (Å²) in [5.74, 6) is -0.210. The Morgan fingerprint density at radius 2 is 0.667 bits per heavy atom. The molecule has 78 heavy (non-hydrogen) atoms. The highest BCUT2D eigenvalue weighted by Crippen LogP contribution is 2.41. The molecule has 5 aromatic carbocycles. The highest BCUT2D eigenvalue weighted by molar-refractivity contribution is 7.20. The number of aromatic nitrogens is 1. The molecule has 0 N–H and O–H groups in total. The van der Waals surface area contributed by atoms with Crippen molar-refractivity contribution in [3.05, 3.63) is 183 Å². The summed E-state index contributed by atoms with van der Waals surface area (Å²) in [6.45, 7) is 0.677. The molecule has 1 saturated carbocycles. The average molecular weight is 1150 g/mol. The summed E-state index contributed by atoms with van der Waals surface area (Å²) in [7, 11) is 0. The Kier molecular flexibility index (Phi) is 16.5. The van der Waals surface area contributed by atoms with Crippen molar-refractivity contribution in [2.24, 2.45) is 0 Å². The molecule has 420 valence electrons. The van der Waals surface area contributed by atoms with Gasteiger partial charge in [0.2, 0.25) is 0 Å². The van der Waals surface area contributed by atoms with Gasteiger partial charge in [0.15, 0.2) is 12.7 Å². The number of ether oxygens (including phenoxy) is 1. The molecule has 1 aliphatic rings. The first-order valence-electron chi connectivity index (χ1n) is 22.2. The Morgan fingerprint density at radius 1 is 0.397 bits per heavy atom. The number of alkyl halides is 24. The lowest BCUT2D eigenvalue weighted by molar-refractivity contribution is -0.690. The number of benzene rings is 5. The van der Waals surface area contributed by atoms with Crippen molar-refractivity contribution < 1.29 is 119 Å². The SMILES string of the molecule is FC(F)(F)c1cc([B-](c2cc(C(F)(F)F)cc(C(F)(F)F)c2)(c2cc(C(F)(F)F)cc(C(F)(F)F)c2)c2cc(C(F)(F)F)cc(C(F)(F)F)c2)cc(C(F)(F)F)c1.O=C(OC1CCCC1)c1cccc[n+]1Cc1ccccc1. The number of carbonyl (C=O) groups is 1. The van der Waals surface area contributed by atoms with Crippen molar-refractivity contribution in [3.8, 4) is 0 Å². The lowest BCUT2D eigenvalue weighted by Gasteiger charge is -2.46. The zero-order valence-electron chi connectivity index (χ0n) is 38.6. The van der Waals surface area contributed by atoms with Crippen LogP contribution in [0.3, 0.4) is 0 Å². The first-order chi connectivity index (χ1) is 35.6. The van der Waals surface area contributed by atoms with Crippen LogP contribution in [0.4, 0.5) is 105 Å². The van der Waals surface area contributed by atoms with Crippen LogP contribution in [0, 0.1) is 0 Å². The molecule has 0 radical (unpaired) electrons. The van der Waals surface area contributed by atoms with E-state index in [0.29, 0.717) is 12.2 Å². The molecule has 1 fully saturated rings. The molecule has 28 heteroatoms. The second-order valence-electron chi connectivity index (χ2n) is 17.7. The first kappa shape index (κ1) is 60.3. The second kappa shape index (κ2) is 21.4. The van der Waals surface area contributed by atoms with E-state index in [1.807, 2.05) is 47.2 Å². The minimum Gasteiger partial charge on any atom is -0.454 e. The van der Waals surface area contributed by atoms with E-state index in [-0.39, 0.29) is 12.1 Å². The van der Waals surface area contributed by atoms with E-state index >= 15 is 0 Å². The molecule has 6 aromatic rings. The number of pyridine rings is 1. The van der Waals surface area contributed by atoms with Gasteiger partial charge < -0.3 is 4.74 Å². The molecule has 0 unspecified atom stereocenters. The van der Waals surface area contributed by atoms with Gasteiger partial charge >= 0.3 is 55.4 Å². The van der Waals surface area contributed by atoms with E-state index in [9.17, 15) is 110 Å². The predicted molar refractivity (Wildman–Crippen MR) is 230 cm³/mol. The number of hydrogen-bond donors (Lipinski definition) is 0. The van der Waals surface area contributed by atoms with E-state index < -0.39 is 195 Å². The van der Waals surface area contributed by atoms with Crippen molar-refractivity contribution in [2.45, 2.75) is 87.7 Å². The Morgan fingerprint density at radius 3 is 0.936 bits per heavy atom. The lowest BCUT2D eigenvalue weighted by atomic mass is 9.12. The van der Waals surface area contributed by atoms with Crippen molar-refractivity contribution in [3.63, 3.8) is 0 Å². The lowest BCUT2D eigenvalue weighted by Crippen LogP contribution is -2.75. The molecule has 1 aliphatic carbocycles. The topological polar surface area (TPSA) is 30.2 Å². The average Bonchev–Trinajstić information content (AvgIpc) is 3.87. The molecule has 0 saturated heterocycles. The van der Waals surface area contributed by atoms with E-state index in [1.165, 1.54) is 5.56 Å². The van der Waals surface area contributed by atoms with Gasteiger partial charge in [0.05, 0.1) is 44.5 Å². The number of carbonyl (C=O) groups excluding carboxylic acids is 1.